The number of hydrogen-bond acceptors (Lipinski definition) is 4. The smallest absolute Gasteiger partial charge is 0.243 e. The van der Waals surface area contributed by atoms with Gasteiger partial charge in [-0.25, -0.2) is 8.42 Å². The first-order valence-corrected chi connectivity index (χ1v) is 8.08. The van der Waals surface area contributed by atoms with E-state index in [-0.39, 0.29) is 4.90 Å². The Hall–Kier alpha value is -0.950. The summed E-state index contributed by atoms with van der Waals surface area (Å²) < 4.78 is 32.4. The molecule has 20 heavy (non-hydrogen) atoms. The molecule has 1 aromatic carbocycles. The summed E-state index contributed by atoms with van der Waals surface area (Å²) in [7, 11) is -3.58. The van der Waals surface area contributed by atoms with E-state index in [0.29, 0.717) is 25.3 Å². The van der Waals surface area contributed by atoms with E-state index in [1.54, 1.807) is 25.1 Å². The summed E-state index contributed by atoms with van der Waals surface area (Å²) in [5.74, 6) is 0. The number of aliphatic hydroxyl groups is 1. The van der Waals surface area contributed by atoms with Crippen LogP contribution in [-0.4, -0.2) is 43.1 Å². The van der Waals surface area contributed by atoms with Gasteiger partial charge in [0.25, 0.3) is 0 Å². The van der Waals surface area contributed by atoms with Gasteiger partial charge in [-0.1, -0.05) is 12.1 Å². The second kappa shape index (κ2) is 5.44. The number of sulfonamides is 1. The molecule has 0 aliphatic carbocycles. The Balaban J connectivity index is 2.42. The summed E-state index contributed by atoms with van der Waals surface area (Å²) in [6, 6.07) is 6.47. The quantitative estimate of drug-likeness (QED) is 0.919. The Labute approximate surface area is 120 Å². The lowest BCUT2D eigenvalue weighted by Crippen LogP contribution is -2.55. The van der Waals surface area contributed by atoms with E-state index in [2.05, 4.69) is 0 Å². The lowest BCUT2D eigenvalue weighted by atomic mass is 10.1. The Morgan fingerprint density at radius 2 is 2.10 bits per heavy atom. The van der Waals surface area contributed by atoms with Crippen molar-refractivity contribution in [1.82, 2.24) is 4.31 Å². The number of rotatable bonds is 3. The van der Waals surface area contributed by atoms with Gasteiger partial charge in [-0.3, -0.25) is 0 Å². The molecule has 1 unspecified atom stereocenters. The Morgan fingerprint density at radius 1 is 1.40 bits per heavy atom. The molecule has 1 aromatic rings. The first-order valence-electron chi connectivity index (χ1n) is 6.64. The van der Waals surface area contributed by atoms with Crippen LogP contribution < -0.4 is 0 Å². The SMILES string of the molecule is CC(O)c1cccc(S(=O)(=O)N2CCOCC2(C)C)c1. The van der Waals surface area contributed by atoms with Crippen LogP contribution in [0.15, 0.2) is 29.2 Å². The number of ether oxygens (including phenoxy) is 1. The van der Waals surface area contributed by atoms with Crippen LogP contribution in [0, 0.1) is 0 Å². The van der Waals surface area contributed by atoms with Gasteiger partial charge in [-0.15, -0.1) is 0 Å². The zero-order chi connectivity index (χ0) is 15.0. The fourth-order valence-corrected chi connectivity index (χ4v) is 4.16. The lowest BCUT2D eigenvalue weighted by Gasteiger charge is -2.40. The van der Waals surface area contributed by atoms with E-state index < -0.39 is 21.7 Å². The second-order valence-corrected chi connectivity index (χ2v) is 7.55. The Morgan fingerprint density at radius 3 is 2.70 bits per heavy atom. The van der Waals surface area contributed by atoms with Crippen molar-refractivity contribution in [3.8, 4) is 0 Å². The van der Waals surface area contributed by atoms with Crippen LogP contribution in [0.3, 0.4) is 0 Å². The van der Waals surface area contributed by atoms with Gasteiger partial charge in [-0.05, 0) is 38.5 Å². The topological polar surface area (TPSA) is 66.8 Å². The van der Waals surface area contributed by atoms with E-state index in [1.165, 1.54) is 10.4 Å². The third-order valence-corrected chi connectivity index (χ3v) is 5.60. The first-order chi connectivity index (χ1) is 9.25. The van der Waals surface area contributed by atoms with Gasteiger partial charge >= 0.3 is 0 Å². The Bertz CT molecular complexity index is 581. The molecule has 1 aliphatic rings. The minimum Gasteiger partial charge on any atom is -0.389 e. The van der Waals surface area contributed by atoms with Gasteiger partial charge in [0.1, 0.15) is 0 Å². The largest absolute Gasteiger partial charge is 0.389 e. The molecule has 0 aromatic heterocycles. The van der Waals surface area contributed by atoms with Crippen LogP contribution >= 0.6 is 0 Å². The normalized spacial score (nSPS) is 21.6. The molecule has 1 aliphatic heterocycles. The van der Waals surface area contributed by atoms with Crippen LogP contribution in [0.1, 0.15) is 32.4 Å². The van der Waals surface area contributed by atoms with Crippen LogP contribution in [0.2, 0.25) is 0 Å². The van der Waals surface area contributed by atoms with Gasteiger partial charge in [0.15, 0.2) is 0 Å². The van der Waals surface area contributed by atoms with Crippen LogP contribution in [0.4, 0.5) is 0 Å². The summed E-state index contributed by atoms with van der Waals surface area (Å²) in [6.07, 6.45) is -0.692. The number of aliphatic hydroxyl groups excluding tert-OH is 1. The highest BCUT2D eigenvalue weighted by molar-refractivity contribution is 7.89. The maximum absolute atomic E-state index is 12.8. The van der Waals surface area contributed by atoms with E-state index in [9.17, 15) is 13.5 Å². The van der Waals surface area contributed by atoms with Gasteiger partial charge in [0.05, 0.1) is 29.8 Å². The number of hydrogen-bond donors (Lipinski definition) is 1. The van der Waals surface area contributed by atoms with E-state index >= 15 is 0 Å². The molecule has 5 nitrogen and oxygen atoms in total. The van der Waals surface area contributed by atoms with Gasteiger partial charge in [0, 0.05) is 6.54 Å². The minimum absolute atomic E-state index is 0.214. The summed E-state index contributed by atoms with van der Waals surface area (Å²) in [4.78, 5) is 0.214. The number of morpholine rings is 1. The molecule has 1 saturated heterocycles. The molecular formula is C14H21NO4S. The van der Waals surface area contributed by atoms with Crippen molar-refractivity contribution < 1.29 is 18.3 Å². The van der Waals surface area contributed by atoms with Crippen molar-refractivity contribution in [3.63, 3.8) is 0 Å². The molecule has 1 heterocycles. The molecule has 0 bridgehead atoms. The molecule has 2 rings (SSSR count). The average molecular weight is 299 g/mol. The predicted molar refractivity (Wildman–Crippen MR) is 75.9 cm³/mol. The van der Waals surface area contributed by atoms with Crippen LogP contribution in [0.25, 0.3) is 0 Å². The molecule has 0 spiro atoms. The maximum Gasteiger partial charge on any atom is 0.243 e. The van der Waals surface area contributed by atoms with Crippen molar-refractivity contribution in [2.75, 3.05) is 19.8 Å². The zero-order valence-corrected chi connectivity index (χ0v) is 12.9. The van der Waals surface area contributed by atoms with Gasteiger partial charge in [0.2, 0.25) is 10.0 Å². The molecule has 1 N–H and O–H groups in total. The molecule has 0 saturated carbocycles. The fraction of sp³-hybridized carbons (Fsp3) is 0.571. The highest BCUT2D eigenvalue weighted by Gasteiger charge is 2.39. The maximum atomic E-state index is 12.8. The van der Waals surface area contributed by atoms with Crippen molar-refractivity contribution in [1.29, 1.82) is 0 Å². The molecule has 0 amide bonds. The van der Waals surface area contributed by atoms with E-state index in [4.69, 9.17) is 4.74 Å². The molecule has 6 heteroatoms. The summed E-state index contributed by atoms with van der Waals surface area (Å²) in [5, 5.41) is 9.60. The highest BCUT2D eigenvalue weighted by Crippen LogP contribution is 2.28. The van der Waals surface area contributed by atoms with E-state index in [0.717, 1.165) is 0 Å². The standard InChI is InChI=1S/C14H21NO4S/c1-11(16)12-5-4-6-13(9-12)20(17,18)15-7-8-19-10-14(15,2)3/h4-6,9,11,16H,7-8,10H2,1-3H3. The molecular weight excluding hydrogens is 278 g/mol. The van der Waals surface area contributed by atoms with Crippen LogP contribution in [-0.2, 0) is 14.8 Å². The average Bonchev–Trinajstić information content (AvgIpc) is 2.38. The second-order valence-electron chi connectivity index (χ2n) is 5.69. The number of benzene rings is 1. The first kappa shape index (κ1) is 15.4. The van der Waals surface area contributed by atoms with Crippen molar-refractivity contribution in [3.05, 3.63) is 29.8 Å². The fourth-order valence-electron chi connectivity index (χ4n) is 2.35. The zero-order valence-electron chi connectivity index (χ0n) is 12.0. The monoisotopic (exact) mass is 299 g/mol. The van der Waals surface area contributed by atoms with Gasteiger partial charge < -0.3 is 9.84 Å². The Kier molecular flexibility index (Phi) is 4.20. The minimum atomic E-state index is -3.58. The van der Waals surface area contributed by atoms with Crippen molar-refractivity contribution in [2.24, 2.45) is 0 Å². The third kappa shape index (κ3) is 2.88. The summed E-state index contributed by atoms with van der Waals surface area (Å²) >= 11 is 0. The number of nitrogens with zero attached hydrogens (tertiary/aromatic N) is 1. The molecule has 1 fully saturated rings. The third-order valence-electron chi connectivity index (χ3n) is 3.50. The predicted octanol–water partition coefficient (Wildman–Crippen LogP) is 1.54. The molecule has 1 atom stereocenters. The van der Waals surface area contributed by atoms with Crippen LogP contribution in [0.5, 0.6) is 0 Å². The van der Waals surface area contributed by atoms with Crippen molar-refractivity contribution >= 4 is 10.0 Å². The molecule has 112 valence electrons. The summed E-state index contributed by atoms with van der Waals surface area (Å²) in [6.45, 7) is 6.43. The molecule has 0 radical (unpaired) electrons. The summed E-state index contributed by atoms with van der Waals surface area (Å²) in [5.41, 5.74) is 0.0231. The van der Waals surface area contributed by atoms with Crippen molar-refractivity contribution in [2.45, 2.75) is 37.3 Å². The van der Waals surface area contributed by atoms with E-state index in [1.807, 2.05) is 13.8 Å². The lowest BCUT2D eigenvalue weighted by molar-refractivity contribution is -0.00771. The highest BCUT2D eigenvalue weighted by atomic mass is 32.2. The van der Waals surface area contributed by atoms with Gasteiger partial charge in [-0.2, -0.15) is 4.31 Å².